The van der Waals surface area contributed by atoms with Crippen molar-refractivity contribution in [3.8, 4) is 5.88 Å². The molecule has 1 amide bonds. The highest BCUT2D eigenvalue weighted by atomic mass is 19.1. The van der Waals surface area contributed by atoms with Crippen molar-refractivity contribution in [3.63, 3.8) is 0 Å². The Hall–Kier alpha value is -2.43. The van der Waals surface area contributed by atoms with E-state index in [4.69, 9.17) is 4.74 Å². The third-order valence-corrected chi connectivity index (χ3v) is 2.89. The highest BCUT2D eigenvalue weighted by Crippen LogP contribution is 2.11. The molecule has 1 heterocycles. The first-order valence-corrected chi connectivity index (χ1v) is 6.13. The van der Waals surface area contributed by atoms with Gasteiger partial charge in [0.15, 0.2) is 0 Å². The number of nitrogens with zero attached hydrogens (tertiary/aromatic N) is 1. The van der Waals surface area contributed by atoms with Crippen LogP contribution in [0.5, 0.6) is 5.88 Å². The van der Waals surface area contributed by atoms with Crippen LogP contribution >= 0.6 is 0 Å². The van der Waals surface area contributed by atoms with Gasteiger partial charge in [0.1, 0.15) is 5.82 Å². The zero-order valence-corrected chi connectivity index (χ0v) is 11.3. The Morgan fingerprint density at radius 2 is 2.15 bits per heavy atom. The average molecular weight is 274 g/mol. The molecule has 0 aliphatic carbocycles. The number of hydrogen-bond donors (Lipinski definition) is 1. The minimum Gasteiger partial charge on any atom is -0.481 e. The zero-order valence-electron chi connectivity index (χ0n) is 11.3. The molecule has 0 aliphatic rings. The molecule has 1 aromatic carbocycles. The van der Waals surface area contributed by atoms with E-state index >= 15 is 0 Å². The predicted molar refractivity (Wildman–Crippen MR) is 73.1 cm³/mol. The van der Waals surface area contributed by atoms with Gasteiger partial charge in [-0.2, -0.15) is 0 Å². The Morgan fingerprint density at radius 1 is 1.35 bits per heavy atom. The van der Waals surface area contributed by atoms with Gasteiger partial charge >= 0.3 is 0 Å². The van der Waals surface area contributed by atoms with Crippen LogP contribution in [-0.4, -0.2) is 18.0 Å². The summed E-state index contributed by atoms with van der Waals surface area (Å²) in [5.74, 6) is -0.0637. The predicted octanol–water partition coefficient (Wildman–Crippen LogP) is 2.47. The van der Waals surface area contributed by atoms with E-state index in [0.717, 1.165) is 5.56 Å². The normalized spacial score (nSPS) is 10.2. The molecule has 1 N–H and O–H groups in total. The minimum atomic E-state index is -0.349. The molecular weight excluding hydrogens is 259 g/mol. The number of carbonyl (C=O) groups excluding carboxylic acids is 1. The van der Waals surface area contributed by atoms with Gasteiger partial charge in [-0.25, -0.2) is 9.37 Å². The molecule has 0 unspecified atom stereocenters. The van der Waals surface area contributed by atoms with Gasteiger partial charge in [-0.05, 0) is 36.2 Å². The SMILES string of the molecule is COc1ccc(CNC(=O)c2ccc(F)cc2C)cn1. The van der Waals surface area contributed by atoms with Gasteiger partial charge in [0.25, 0.3) is 5.91 Å². The van der Waals surface area contributed by atoms with Crippen LogP contribution < -0.4 is 10.1 Å². The molecule has 5 heteroatoms. The molecule has 0 fully saturated rings. The number of nitrogens with one attached hydrogen (secondary N) is 1. The van der Waals surface area contributed by atoms with E-state index in [2.05, 4.69) is 10.3 Å². The topological polar surface area (TPSA) is 51.2 Å². The van der Waals surface area contributed by atoms with Crippen LogP contribution in [0, 0.1) is 12.7 Å². The summed E-state index contributed by atoms with van der Waals surface area (Å²) in [7, 11) is 1.54. The van der Waals surface area contributed by atoms with E-state index in [-0.39, 0.29) is 11.7 Å². The van der Waals surface area contributed by atoms with Crippen LogP contribution in [0.15, 0.2) is 36.5 Å². The van der Waals surface area contributed by atoms with Gasteiger partial charge < -0.3 is 10.1 Å². The number of hydrogen-bond acceptors (Lipinski definition) is 3. The smallest absolute Gasteiger partial charge is 0.251 e. The Labute approximate surface area is 116 Å². The fourth-order valence-corrected chi connectivity index (χ4v) is 1.80. The summed E-state index contributed by atoms with van der Waals surface area (Å²) in [6.07, 6.45) is 1.64. The molecule has 0 saturated heterocycles. The first-order valence-electron chi connectivity index (χ1n) is 6.13. The largest absolute Gasteiger partial charge is 0.481 e. The number of carbonyl (C=O) groups is 1. The van der Waals surface area contributed by atoms with Crippen molar-refractivity contribution < 1.29 is 13.9 Å². The second-order valence-electron chi connectivity index (χ2n) is 4.35. The van der Waals surface area contributed by atoms with Crippen LogP contribution in [0.4, 0.5) is 4.39 Å². The highest BCUT2D eigenvalue weighted by molar-refractivity contribution is 5.95. The van der Waals surface area contributed by atoms with Crippen LogP contribution in [-0.2, 0) is 6.54 Å². The molecule has 0 spiro atoms. The van der Waals surface area contributed by atoms with E-state index in [1.807, 2.05) is 6.07 Å². The van der Waals surface area contributed by atoms with Crippen LogP contribution in [0.2, 0.25) is 0 Å². The van der Waals surface area contributed by atoms with Crippen molar-refractivity contribution >= 4 is 5.91 Å². The lowest BCUT2D eigenvalue weighted by Gasteiger charge is -2.08. The third kappa shape index (κ3) is 3.32. The van der Waals surface area contributed by atoms with Crippen molar-refractivity contribution in [1.82, 2.24) is 10.3 Å². The maximum Gasteiger partial charge on any atom is 0.251 e. The Morgan fingerprint density at radius 3 is 2.75 bits per heavy atom. The van der Waals surface area contributed by atoms with Gasteiger partial charge in [0, 0.05) is 24.4 Å². The van der Waals surface area contributed by atoms with Crippen molar-refractivity contribution in [1.29, 1.82) is 0 Å². The third-order valence-electron chi connectivity index (χ3n) is 2.89. The van der Waals surface area contributed by atoms with E-state index in [0.29, 0.717) is 23.6 Å². The summed E-state index contributed by atoms with van der Waals surface area (Å²) in [5.41, 5.74) is 1.93. The second-order valence-corrected chi connectivity index (χ2v) is 4.35. The molecule has 0 bridgehead atoms. The molecule has 2 aromatic rings. The highest BCUT2D eigenvalue weighted by Gasteiger charge is 2.09. The number of rotatable bonds is 4. The number of methoxy groups -OCH3 is 1. The van der Waals surface area contributed by atoms with Crippen molar-refractivity contribution in [3.05, 3.63) is 59.0 Å². The van der Waals surface area contributed by atoms with Crippen molar-refractivity contribution in [2.24, 2.45) is 0 Å². The number of aromatic nitrogens is 1. The quantitative estimate of drug-likeness (QED) is 0.931. The number of amides is 1. The molecular formula is C15H15FN2O2. The average Bonchev–Trinajstić information content (AvgIpc) is 2.45. The summed E-state index contributed by atoms with van der Waals surface area (Å²) < 4.78 is 17.9. The van der Waals surface area contributed by atoms with E-state index in [1.54, 1.807) is 26.3 Å². The lowest BCUT2D eigenvalue weighted by atomic mass is 10.1. The molecule has 0 saturated carbocycles. The second kappa shape index (κ2) is 6.14. The zero-order chi connectivity index (χ0) is 14.5. The first-order chi connectivity index (χ1) is 9.60. The molecule has 4 nitrogen and oxygen atoms in total. The van der Waals surface area contributed by atoms with Gasteiger partial charge in [-0.1, -0.05) is 6.07 Å². The summed E-state index contributed by atoms with van der Waals surface area (Å²) in [6, 6.07) is 7.64. The van der Waals surface area contributed by atoms with Crippen LogP contribution in [0.3, 0.4) is 0 Å². The summed E-state index contributed by atoms with van der Waals surface area (Å²) in [5, 5.41) is 2.77. The molecule has 104 valence electrons. The van der Waals surface area contributed by atoms with Crippen LogP contribution in [0.1, 0.15) is 21.5 Å². The molecule has 1 aromatic heterocycles. The van der Waals surface area contributed by atoms with Crippen molar-refractivity contribution in [2.75, 3.05) is 7.11 Å². The maximum atomic E-state index is 13.0. The molecule has 0 atom stereocenters. The number of halogens is 1. The standard InChI is InChI=1S/C15H15FN2O2/c1-10-7-12(16)4-5-13(10)15(19)18-9-11-3-6-14(20-2)17-8-11/h3-8H,9H2,1-2H3,(H,18,19). The number of ether oxygens (including phenoxy) is 1. The molecule has 2 rings (SSSR count). The van der Waals surface area contributed by atoms with Crippen molar-refractivity contribution in [2.45, 2.75) is 13.5 Å². The fourth-order valence-electron chi connectivity index (χ4n) is 1.80. The van der Waals surface area contributed by atoms with Gasteiger partial charge in [-0.15, -0.1) is 0 Å². The molecule has 20 heavy (non-hydrogen) atoms. The Kier molecular flexibility index (Phi) is 4.30. The summed E-state index contributed by atoms with van der Waals surface area (Å²) in [6.45, 7) is 2.06. The van der Waals surface area contributed by atoms with E-state index in [9.17, 15) is 9.18 Å². The number of aryl methyl sites for hydroxylation is 1. The van der Waals surface area contributed by atoms with E-state index < -0.39 is 0 Å². The van der Waals surface area contributed by atoms with Gasteiger partial charge in [0.05, 0.1) is 7.11 Å². The minimum absolute atomic E-state index is 0.238. The van der Waals surface area contributed by atoms with E-state index in [1.165, 1.54) is 18.2 Å². The molecule has 0 aliphatic heterocycles. The fraction of sp³-hybridized carbons (Fsp3) is 0.200. The lowest BCUT2D eigenvalue weighted by Crippen LogP contribution is -2.23. The summed E-state index contributed by atoms with van der Waals surface area (Å²) >= 11 is 0. The number of pyridine rings is 1. The van der Waals surface area contributed by atoms with Crippen LogP contribution in [0.25, 0.3) is 0 Å². The number of benzene rings is 1. The first kappa shape index (κ1) is 14.0. The maximum absolute atomic E-state index is 13.0. The van der Waals surface area contributed by atoms with Gasteiger partial charge in [-0.3, -0.25) is 4.79 Å². The summed E-state index contributed by atoms with van der Waals surface area (Å²) in [4.78, 5) is 16.0. The van der Waals surface area contributed by atoms with Gasteiger partial charge in [0.2, 0.25) is 5.88 Å². The molecule has 0 radical (unpaired) electrons. The lowest BCUT2D eigenvalue weighted by molar-refractivity contribution is 0.0950. The Bertz CT molecular complexity index is 612. The monoisotopic (exact) mass is 274 g/mol. The Balaban J connectivity index is 2.00.